The molecule has 0 aliphatic carbocycles. The van der Waals surface area contributed by atoms with Crippen LogP contribution in [0.4, 0.5) is 0 Å². The van der Waals surface area contributed by atoms with Gasteiger partial charge >= 0.3 is 0 Å². The highest BCUT2D eigenvalue weighted by atomic mass is 16.3. The highest BCUT2D eigenvalue weighted by Crippen LogP contribution is 2.33. The molecule has 0 aromatic heterocycles. The maximum atomic E-state index is 10.9. The molecule has 0 atom stereocenters. The minimum absolute atomic E-state index is 0.206. The zero-order valence-corrected chi connectivity index (χ0v) is 11.4. The van der Waals surface area contributed by atoms with Crippen LogP contribution in [0.25, 0.3) is 22.3 Å². The van der Waals surface area contributed by atoms with Crippen LogP contribution >= 0.6 is 0 Å². The predicted octanol–water partition coefficient (Wildman–Crippen LogP) is 4.54. The summed E-state index contributed by atoms with van der Waals surface area (Å²) >= 11 is 0. The van der Waals surface area contributed by atoms with E-state index in [9.17, 15) is 9.90 Å². The van der Waals surface area contributed by atoms with Crippen LogP contribution in [0.3, 0.4) is 0 Å². The molecule has 0 radical (unpaired) electrons. The van der Waals surface area contributed by atoms with Crippen molar-refractivity contribution in [3.63, 3.8) is 0 Å². The van der Waals surface area contributed by atoms with Crippen molar-refractivity contribution < 1.29 is 9.90 Å². The monoisotopic (exact) mass is 274 g/mol. The first kappa shape index (κ1) is 13.1. The molecule has 0 fully saturated rings. The van der Waals surface area contributed by atoms with Gasteiger partial charge in [0.05, 0.1) is 0 Å². The zero-order chi connectivity index (χ0) is 14.7. The van der Waals surface area contributed by atoms with E-state index in [0.29, 0.717) is 5.56 Å². The third-order valence-corrected chi connectivity index (χ3v) is 3.44. The molecule has 0 amide bonds. The highest BCUT2D eigenvalue weighted by Gasteiger charge is 2.07. The Labute approximate surface area is 123 Å². The Morgan fingerprint density at radius 1 is 0.714 bits per heavy atom. The van der Waals surface area contributed by atoms with Gasteiger partial charge in [0, 0.05) is 11.1 Å². The number of phenols is 1. The molecule has 1 N–H and O–H groups in total. The van der Waals surface area contributed by atoms with Gasteiger partial charge in [0.2, 0.25) is 0 Å². The van der Waals surface area contributed by atoms with Crippen molar-refractivity contribution in [1.29, 1.82) is 0 Å². The summed E-state index contributed by atoms with van der Waals surface area (Å²) in [4.78, 5) is 10.9. The van der Waals surface area contributed by atoms with Gasteiger partial charge in [-0.1, -0.05) is 54.6 Å². The summed E-state index contributed by atoms with van der Waals surface area (Å²) in [7, 11) is 0. The number of aromatic hydroxyl groups is 1. The van der Waals surface area contributed by atoms with Gasteiger partial charge in [-0.05, 0) is 34.9 Å². The molecule has 21 heavy (non-hydrogen) atoms. The predicted molar refractivity (Wildman–Crippen MR) is 84.4 cm³/mol. The van der Waals surface area contributed by atoms with Crippen molar-refractivity contribution >= 4 is 6.29 Å². The molecule has 0 unspecified atom stereocenters. The van der Waals surface area contributed by atoms with Crippen LogP contribution in [0.15, 0.2) is 72.8 Å². The molecule has 0 heterocycles. The van der Waals surface area contributed by atoms with Crippen molar-refractivity contribution in [3.8, 4) is 28.0 Å². The minimum Gasteiger partial charge on any atom is -0.507 e. The first-order valence-corrected chi connectivity index (χ1v) is 6.72. The lowest BCUT2D eigenvalue weighted by Crippen LogP contribution is -1.85. The first-order valence-electron chi connectivity index (χ1n) is 6.72. The number of hydrogen-bond donors (Lipinski definition) is 1. The molecular weight excluding hydrogens is 260 g/mol. The number of rotatable bonds is 3. The van der Waals surface area contributed by atoms with E-state index >= 15 is 0 Å². The largest absolute Gasteiger partial charge is 0.507 e. The van der Waals surface area contributed by atoms with Gasteiger partial charge in [0.1, 0.15) is 12.0 Å². The van der Waals surface area contributed by atoms with Crippen LogP contribution in [-0.4, -0.2) is 11.4 Å². The van der Waals surface area contributed by atoms with Crippen LogP contribution < -0.4 is 0 Å². The number of carbonyl (C=O) groups excluding carboxylic acids is 1. The van der Waals surface area contributed by atoms with Gasteiger partial charge in [0.15, 0.2) is 0 Å². The van der Waals surface area contributed by atoms with Crippen molar-refractivity contribution in [2.24, 2.45) is 0 Å². The second-order valence-corrected chi connectivity index (χ2v) is 4.84. The second kappa shape index (κ2) is 5.63. The summed E-state index contributed by atoms with van der Waals surface area (Å²) < 4.78 is 0. The molecule has 0 spiro atoms. The molecule has 0 aliphatic heterocycles. The fourth-order valence-electron chi connectivity index (χ4n) is 2.36. The maximum absolute atomic E-state index is 10.9. The molecule has 102 valence electrons. The van der Waals surface area contributed by atoms with Gasteiger partial charge in [-0.15, -0.1) is 0 Å². The van der Waals surface area contributed by atoms with E-state index in [1.807, 2.05) is 54.6 Å². The fourth-order valence-corrected chi connectivity index (χ4v) is 2.36. The van der Waals surface area contributed by atoms with Crippen LogP contribution in [-0.2, 0) is 0 Å². The fraction of sp³-hybridized carbons (Fsp3) is 0. The molecule has 0 bridgehead atoms. The molecule has 0 saturated heterocycles. The average Bonchev–Trinajstić information content (AvgIpc) is 2.56. The molecule has 3 aromatic rings. The van der Waals surface area contributed by atoms with E-state index in [4.69, 9.17) is 0 Å². The van der Waals surface area contributed by atoms with Gasteiger partial charge in [-0.25, -0.2) is 0 Å². The number of phenolic OH excluding ortho intramolecular Hbond substituents is 1. The van der Waals surface area contributed by atoms with Crippen molar-refractivity contribution in [2.75, 3.05) is 0 Å². The maximum Gasteiger partial charge on any atom is 0.150 e. The summed E-state index contributed by atoms with van der Waals surface area (Å²) in [5.41, 5.74) is 4.26. The van der Waals surface area contributed by atoms with E-state index in [-0.39, 0.29) is 5.75 Å². The van der Waals surface area contributed by atoms with Gasteiger partial charge in [-0.2, -0.15) is 0 Å². The third-order valence-electron chi connectivity index (χ3n) is 3.44. The minimum atomic E-state index is 0.206. The van der Waals surface area contributed by atoms with Crippen LogP contribution in [0.5, 0.6) is 5.75 Å². The SMILES string of the molecule is O=Cc1cccc(-c2cc(-c3ccccc3)ccc2O)c1. The molecule has 3 rings (SSSR count). The van der Waals surface area contributed by atoms with Crippen LogP contribution in [0.1, 0.15) is 10.4 Å². The Morgan fingerprint density at radius 2 is 1.48 bits per heavy atom. The van der Waals surface area contributed by atoms with Gasteiger partial charge < -0.3 is 5.11 Å². The lowest BCUT2D eigenvalue weighted by molar-refractivity contribution is 0.112. The van der Waals surface area contributed by atoms with Crippen LogP contribution in [0.2, 0.25) is 0 Å². The average molecular weight is 274 g/mol. The van der Waals surface area contributed by atoms with E-state index in [0.717, 1.165) is 28.5 Å². The Balaban J connectivity index is 2.12. The van der Waals surface area contributed by atoms with Crippen LogP contribution in [0, 0.1) is 0 Å². The van der Waals surface area contributed by atoms with Crippen molar-refractivity contribution in [1.82, 2.24) is 0 Å². The molecule has 3 aromatic carbocycles. The molecule has 2 heteroatoms. The molecule has 2 nitrogen and oxygen atoms in total. The molecule has 0 aliphatic rings. The van der Waals surface area contributed by atoms with E-state index in [2.05, 4.69) is 0 Å². The lowest BCUT2D eigenvalue weighted by atomic mass is 9.97. The summed E-state index contributed by atoms with van der Waals surface area (Å²) in [6.07, 6.45) is 0.807. The molecular formula is C19H14O2. The quantitative estimate of drug-likeness (QED) is 0.712. The normalized spacial score (nSPS) is 10.3. The molecule has 0 saturated carbocycles. The Bertz CT molecular complexity index is 777. The number of carbonyl (C=O) groups is 1. The smallest absolute Gasteiger partial charge is 0.150 e. The lowest BCUT2D eigenvalue weighted by Gasteiger charge is -2.09. The number of benzene rings is 3. The number of hydrogen-bond acceptors (Lipinski definition) is 2. The Morgan fingerprint density at radius 3 is 2.24 bits per heavy atom. The Hall–Kier alpha value is -2.87. The standard InChI is InChI=1S/C19H14O2/c20-13-14-5-4-8-17(11-14)18-12-16(9-10-19(18)21)15-6-2-1-3-7-15/h1-13,21H. The number of aldehydes is 1. The summed E-state index contributed by atoms with van der Waals surface area (Å²) in [5.74, 6) is 0.206. The van der Waals surface area contributed by atoms with Gasteiger partial charge in [-0.3, -0.25) is 4.79 Å². The summed E-state index contributed by atoms with van der Waals surface area (Å²) in [5, 5.41) is 10.1. The summed E-state index contributed by atoms with van der Waals surface area (Å²) in [6, 6.07) is 22.7. The van der Waals surface area contributed by atoms with E-state index in [1.165, 1.54) is 0 Å². The van der Waals surface area contributed by atoms with E-state index in [1.54, 1.807) is 18.2 Å². The van der Waals surface area contributed by atoms with Gasteiger partial charge in [0.25, 0.3) is 0 Å². The van der Waals surface area contributed by atoms with Crippen molar-refractivity contribution in [3.05, 3.63) is 78.4 Å². The summed E-state index contributed by atoms with van der Waals surface area (Å²) in [6.45, 7) is 0. The zero-order valence-electron chi connectivity index (χ0n) is 11.4. The topological polar surface area (TPSA) is 37.3 Å². The van der Waals surface area contributed by atoms with Crippen molar-refractivity contribution in [2.45, 2.75) is 0 Å². The highest BCUT2D eigenvalue weighted by molar-refractivity contribution is 5.82. The Kier molecular flexibility index (Phi) is 3.52. The first-order chi connectivity index (χ1) is 10.3. The van der Waals surface area contributed by atoms with E-state index < -0.39 is 0 Å². The second-order valence-electron chi connectivity index (χ2n) is 4.84. The third kappa shape index (κ3) is 2.70.